The molecule has 4 aliphatic carbocycles. The van der Waals surface area contributed by atoms with E-state index in [-0.39, 0.29) is 11.9 Å². The molecule has 1 N–H and O–H groups in total. The lowest BCUT2D eigenvalue weighted by molar-refractivity contribution is -0.155. The number of likely N-dealkylation sites (tertiary alicyclic amines) is 1. The molecule has 1 aliphatic heterocycles. The lowest BCUT2D eigenvalue weighted by atomic mass is 9.54. The summed E-state index contributed by atoms with van der Waals surface area (Å²) >= 11 is 0. The molecular weight excluding hydrogens is 242 g/mol. The molecule has 19 heavy (non-hydrogen) atoms. The van der Waals surface area contributed by atoms with Crippen LogP contribution in [0.3, 0.4) is 0 Å². The van der Waals surface area contributed by atoms with Gasteiger partial charge < -0.3 is 10.0 Å². The van der Waals surface area contributed by atoms with Gasteiger partial charge >= 0.3 is 5.97 Å². The van der Waals surface area contributed by atoms with Crippen LogP contribution in [0.1, 0.15) is 44.9 Å². The summed E-state index contributed by atoms with van der Waals surface area (Å²) in [6.07, 6.45) is 7.25. The Bertz CT molecular complexity index is 405. The Morgan fingerprint density at radius 1 is 1.05 bits per heavy atom. The monoisotopic (exact) mass is 263 g/mol. The minimum atomic E-state index is -0.806. The highest BCUT2D eigenvalue weighted by Crippen LogP contribution is 2.56. The van der Waals surface area contributed by atoms with Crippen molar-refractivity contribution in [2.45, 2.75) is 57.0 Å². The van der Waals surface area contributed by atoms with E-state index in [9.17, 15) is 14.7 Å². The van der Waals surface area contributed by atoms with E-state index in [0.29, 0.717) is 24.7 Å². The maximum absolute atomic E-state index is 12.2. The van der Waals surface area contributed by atoms with Crippen molar-refractivity contribution >= 4 is 11.9 Å². The van der Waals surface area contributed by atoms with Gasteiger partial charge in [0.15, 0.2) is 0 Å². The van der Waals surface area contributed by atoms with Crippen LogP contribution in [-0.2, 0) is 9.59 Å². The number of carboxylic acid groups (broad SMARTS) is 1. The van der Waals surface area contributed by atoms with Crippen LogP contribution in [0, 0.1) is 23.7 Å². The Balaban J connectivity index is 1.64. The number of carboxylic acids is 1. The minimum Gasteiger partial charge on any atom is -0.480 e. The molecule has 4 bridgehead atoms. The molecule has 1 heterocycles. The van der Waals surface area contributed by atoms with Gasteiger partial charge in [0.1, 0.15) is 6.04 Å². The molecule has 4 saturated carbocycles. The molecule has 0 aromatic rings. The van der Waals surface area contributed by atoms with Gasteiger partial charge in [0.05, 0.1) is 0 Å². The third-order valence-electron chi connectivity index (χ3n) is 6.04. The van der Waals surface area contributed by atoms with Gasteiger partial charge in [-0.05, 0) is 62.2 Å². The second-order valence-corrected chi connectivity index (χ2v) is 7.12. The van der Waals surface area contributed by atoms with E-state index in [0.717, 1.165) is 11.8 Å². The van der Waals surface area contributed by atoms with Crippen molar-refractivity contribution in [3.63, 3.8) is 0 Å². The van der Waals surface area contributed by atoms with Gasteiger partial charge in [-0.1, -0.05) is 0 Å². The summed E-state index contributed by atoms with van der Waals surface area (Å²) in [6.45, 7) is 0. The second-order valence-electron chi connectivity index (χ2n) is 7.12. The molecule has 1 unspecified atom stereocenters. The Hall–Kier alpha value is -1.06. The molecule has 104 valence electrons. The van der Waals surface area contributed by atoms with Crippen molar-refractivity contribution in [1.29, 1.82) is 0 Å². The predicted molar refractivity (Wildman–Crippen MR) is 68.3 cm³/mol. The number of hydrogen-bond donors (Lipinski definition) is 1. The summed E-state index contributed by atoms with van der Waals surface area (Å²) in [5.41, 5.74) is 0. The smallest absolute Gasteiger partial charge is 0.326 e. The summed E-state index contributed by atoms with van der Waals surface area (Å²) in [7, 11) is 0. The van der Waals surface area contributed by atoms with E-state index in [1.807, 2.05) is 0 Å². The van der Waals surface area contributed by atoms with Crippen LogP contribution < -0.4 is 0 Å². The summed E-state index contributed by atoms with van der Waals surface area (Å²) < 4.78 is 0. The highest BCUT2D eigenvalue weighted by atomic mass is 16.4. The maximum Gasteiger partial charge on any atom is 0.326 e. The average molecular weight is 263 g/mol. The molecule has 0 aromatic carbocycles. The summed E-state index contributed by atoms with van der Waals surface area (Å²) in [5, 5.41) is 9.36. The lowest BCUT2D eigenvalue weighted by Crippen LogP contribution is -2.59. The number of hydrogen-bond acceptors (Lipinski definition) is 2. The van der Waals surface area contributed by atoms with E-state index in [2.05, 4.69) is 0 Å². The van der Waals surface area contributed by atoms with E-state index in [1.165, 1.54) is 32.1 Å². The van der Waals surface area contributed by atoms with Gasteiger partial charge in [-0.2, -0.15) is 0 Å². The SMILES string of the molecule is O=C(O)C1CCC(=O)N1C1C2CC3CC(C2)CC1C3. The maximum atomic E-state index is 12.2. The third kappa shape index (κ3) is 1.65. The molecule has 5 rings (SSSR count). The first-order valence-corrected chi connectivity index (χ1v) is 7.67. The van der Waals surface area contributed by atoms with Crippen molar-refractivity contribution in [2.24, 2.45) is 23.7 Å². The molecule has 1 amide bonds. The van der Waals surface area contributed by atoms with Gasteiger partial charge in [0.2, 0.25) is 5.91 Å². The predicted octanol–water partition coefficient (Wildman–Crippen LogP) is 1.89. The summed E-state index contributed by atoms with van der Waals surface area (Å²) in [6, 6.07) is -0.307. The average Bonchev–Trinajstić information content (AvgIpc) is 2.70. The van der Waals surface area contributed by atoms with Crippen molar-refractivity contribution in [3.8, 4) is 0 Å². The van der Waals surface area contributed by atoms with Crippen molar-refractivity contribution in [2.75, 3.05) is 0 Å². The quantitative estimate of drug-likeness (QED) is 0.827. The molecule has 1 atom stereocenters. The molecule has 0 aromatic heterocycles. The fourth-order valence-electron chi connectivity index (χ4n) is 5.67. The van der Waals surface area contributed by atoms with Crippen LogP contribution in [0.4, 0.5) is 0 Å². The van der Waals surface area contributed by atoms with E-state index in [1.54, 1.807) is 4.90 Å². The summed E-state index contributed by atoms with van der Waals surface area (Å²) in [4.78, 5) is 25.4. The van der Waals surface area contributed by atoms with Crippen LogP contribution in [0.25, 0.3) is 0 Å². The van der Waals surface area contributed by atoms with Crippen LogP contribution in [0.15, 0.2) is 0 Å². The molecule has 0 spiro atoms. The number of amides is 1. The van der Waals surface area contributed by atoms with Gasteiger partial charge in [-0.15, -0.1) is 0 Å². The fourth-order valence-corrected chi connectivity index (χ4v) is 5.67. The zero-order chi connectivity index (χ0) is 13.1. The number of carbonyl (C=O) groups is 2. The third-order valence-corrected chi connectivity index (χ3v) is 6.04. The van der Waals surface area contributed by atoms with Gasteiger partial charge in [0.25, 0.3) is 0 Å². The van der Waals surface area contributed by atoms with Crippen molar-refractivity contribution in [3.05, 3.63) is 0 Å². The van der Waals surface area contributed by atoms with Crippen LogP contribution in [0.2, 0.25) is 0 Å². The molecule has 4 heteroatoms. The normalized spacial score (nSPS) is 48.0. The van der Waals surface area contributed by atoms with Crippen molar-refractivity contribution < 1.29 is 14.7 Å². The molecular formula is C15H21NO3. The zero-order valence-electron chi connectivity index (χ0n) is 11.1. The summed E-state index contributed by atoms with van der Waals surface area (Å²) in [5.74, 6) is 2.17. The molecule has 5 fully saturated rings. The van der Waals surface area contributed by atoms with Gasteiger partial charge in [-0.3, -0.25) is 4.79 Å². The number of carbonyl (C=O) groups excluding carboxylic acids is 1. The Morgan fingerprint density at radius 3 is 2.16 bits per heavy atom. The van der Waals surface area contributed by atoms with E-state index in [4.69, 9.17) is 0 Å². The number of nitrogens with zero attached hydrogens (tertiary/aromatic N) is 1. The van der Waals surface area contributed by atoms with Crippen LogP contribution in [0.5, 0.6) is 0 Å². The molecule has 4 nitrogen and oxygen atoms in total. The van der Waals surface area contributed by atoms with Gasteiger partial charge in [0, 0.05) is 12.5 Å². The Labute approximate surface area is 113 Å². The van der Waals surface area contributed by atoms with E-state index < -0.39 is 12.0 Å². The van der Waals surface area contributed by atoms with E-state index >= 15 is 0 Å². The lowest BCUT2D eigenvalue weighted by Gasteiger charge is -2.57. The molecule has 0 radical (unpaired) electrons. The largest absolute Gasteiger partial charge is 0.480 e. The highest BCUT2D eigenvalue weighted by Gasteiger charge is 2.54. The Kier molecular flexibility index (Phi) is 2.45. The topological polar surface area (TPSA) is 57.6 Å². The first-order valence-electron chi connectivity index (χ1n) is 7.67. The number of aliphatic carboxylic acids is 1. The zero-order valence-corrected chi connectivity index (χ0v) is 11.1. The van der Waals surface area contributed by atoms with Crippen molar-refractivity contribution in [1.82, 2.24) is 4.90 Å². The number of rotatable bonds is 2. The minimum absolute atomic E-state index is 0.0878. The Morgan fingerprint density at radius 2 is 1.63 bits per heavy atom. The van der Waals surface area contributed by atoms with Crippen LogP contribution in [-0.4, -0.2) is 34.0 Å². The van der Waals surface area contributed by atoms with Crippen LogP contribution >= 0.6 is 0 Å². The fraction of sp³-hybridized carbons (Fsp3) is 0.867. The highest BCUT2D eigenvalue weighted by molar-refractivity contribution is 5.87. The van der Waals surface area contributed by atoms with Gasteiger partial charge in [-0.25, -0.2) is 4.79 Å². The molecule has 5 aliphatic rings. The molecule has 1 saturated heterocycles. The standard InChI is InChI=1S/C15H21NO3/c17-13-2-1-12(15(18)19)16(13)14-10-4-8-3-9(6-10)7-11(14)5-8/h8-12,14H,1-7H2,(H,18,19). The first kappa shape index (κ1) is 11.7. The second kappa shape index (κ2) is 3.97. The first-order chi connectivity index (χ1) is 9.13.